The van der Waals surface area contributed by atoms with Crippen molar-refractivity contribution in [3.05, 3.63) is 218 Å². The zero-order valence-electron chi connectivity index (χ0n) is 30.7. The minimum Gasteiger partial charge on any atom is -0.309 e. The first-order valence-corrected chi connectivity index (χ1v) is 19.3. The van der Waals surface area contributed by atoms with Crippen LogP contribution >= 0.6 is 0 Å². The fraction of sp³-hybridized carbons (Fsp3) is 0. The van der Waals surface area contributed by atoms with E-state index in [2.05, 4.69) is 228 Å². The van der Waals surface area contributed by atoms with Crippen LogP contribution in [0.4, 0.5) is 0 Å². The lowest BCUT2D eigenvalue weighted by molar-refractivity contribution is 1.18. The first-order valence-electron chi connectivity index (χ1n) is 19.3. The molecule has 0 aliphatic heterocycles. The molecule has 0 amide bonds. The lowest BCUT2D eigenvalue weighted by atomic mass is 9.99. The van der Waals surface area contributed by atoms with Crippen molar-refractivity contribution in [2.45, 2.75) is 0 Å². The summed E-state index contributed by atoms with van der Waals surface area (Å²) in [5.74, 6) is 0. The first kappa shape index (κ1) is 32.0. The number of hydrogen-bond acceptors (Lipinski definition) is 0. The van der Waals surface area contributed by atoms with Crippen LogP contribution in [0.5, 0.6) is 0 Å². The van der Waals surface area contributed by atoms with Crippen molar-refractivity contribution in [2.75, 3.05) is 0 Å². The van der Waals surface area contributed by atoms with E-state index in [0.717, 1.165) is 5.69 Å². The maximum atomic E-state index is 2.44. The lowest BCUT2D eigenvalue weighted by Gasteiger charge is -2.14. The fourth-order valence-electron chi connectivity index (χ4n) is 8.68. The minimum atomic E-state index is 1.16. The molecule has 56 heavy (non-hydrogen) atoms. The topological polar surface area (TPSA) is 9.86 Å². The summed E-state index contributed by atoms with van der Waals surface area (Å²) in [6, 6.07) is 79.4. The molecule has 0 fully saturated rings. The molecule has 2 heterocycles. The molecular formula is C54H36N2. The molecule has 2 nitrogen and oxygen atoms in total. The van der Waals surface area contributed by atoms with Gasteiger partial charge in [-0.25, -0.2) is 0 Å². The van der Waals surface area contributed by atoms with Gasteiger partial charge in [0.1, 0.15) is 0 Å². The molecule has 0 N–H and O–H groups in total. The van der Waals surface area contributed by atoms with Gasteiger partial charge in [0.25, 0.3) is 0 Å². The monoisotopic (exact) mass is 712 g/mol. The van der Waals surface area contributed by atoms with Crippen molar-refractivity contribution in [1.29, 1.82) is 0 Å². The molecule has 0 aliphatic carbocycles. The quantitative estimate of drug-likeness (QED) is 0.162. The molecule has 2 aromatic heterocycles. The van der Waals surface area contributed by atoms with E-state index in [1.807, 2.05) is 0 Å². The van der Waals surface area contributed by atoms with E-state index in [0.29, 0.717) is 0 Å². The van der Waals surface area contributed by atoms with Crippen molar-refractivity contribution in [2.24, 2.45) is 0 Å². The third-order valence-corrected chi connectivity index (χ3v) is 11.3. The standard InChI is InChI=1S/C54H36N2/c1-3-14-37(15-4-1)39-26-28-40(29-27-39)45-20-7-10-23-50(45)56-52-25-12-9-22-47(52)49-36-43(31-33-54(49)56)42-30-32-53-48(35-42)46-21-8-11-24-51(46)55(53)44-19-13-18-41(34-44)38-16-5-2-6-17-38/h1-36H. The molecule has 0 spiro atoms. The van der Waals surface area contributed by atoms with E-state index >= 15 is 0 Å². The van der Waals surface area contributed by atoms with Crippen LogP contribution in [0.3, 0.4) is 0 Å². The van der Waals surface area contributed by atoms with Gasteiger partial charge in [0.2, 0.25) is 0 Å². The summed E-state index contributed by atoms with van der Waals surface area (Å²) < 4.78 is 4.85. The van der Waals surface area contributed by atoms with Gasteiger partial charge in [-0.1, -0.05) is 164 Å². The number of fused-ring (bicyclic) bond motifs is 6. The third-order valence-electron chi connectivity index (χ3n) is 11.3. The van der Waals surface area contributed by atoms with Crippen LogP contribution in [0.25, 0.3) is 99.5 Å². The Bertz CT molecular complexity index is 3220. The van der Waals surface area contributed by atoms with Crippen LogP contribution < -0.4 is 0 Å². The van der Waals surface area contributed by atoms with Crippen molar-refractivity contribution in [1.82, 2.24) is 9.13 Å². The lowest BCUT2D eigenvalue weighted by Crippen LogP contribution is -1.97. The van der Waals surface area contributed by atoms with E-state index in [1.54, 1.807) is 0 Å². The Morgan fingerprint density at radius 3 is 1.32 bits per heavy atom. The summed E-state index contributed by atoms with van der Waals surface area (Å²) in [6.45, 7) is 0. The summed E-state index contributed by atoms with van der Waals surface area (Å²) in [5.41, 5.74) is 16.8. The zero-order valence-corrected chi connectivity index (χ0v) is 30.7. The predicted molar refractivity (Wildman–Crippen MR) is 237 cm³/mol. The zero-order chi connectivity index (χ0) is 37.0. The number of aromatic nitrogens is 2. The fourth-order valence-corrected chi connectivity index (χ4v) is 8.68. The van der Waals surface area contributed by atoms with Crippen LogP contribution in [0.15, 0.2) is 218 Å². The Morgan fingerprint density at radius 2 is 0.661 bits per heavy atom. The second-order valence-corrected chi connectivity index (χ2v) is 14.5. The van der Waals surface area contributed by atoms with Gasteiger partial charge in [-0.3, -0.25) is 0 Å². The van der Waals surface area contributed by atoms with Gasteiger partial charge in [-0.05, 0) is 93.5 Å². The highest BCUT2D eigenvalue weighted by Crippen LogP contribution is 2.40. The highest BCUT2D eigenvalue weighted by atomic mass is 15.0. The predicted octanol–water partition coefficient (Wildman–Crippen LogP) is 14.5. The molecule has 0 saturated heterocycles. The molecule has 11 rings (SSSR count). The molecule has 0 aliphatic rings. The minimum absolute atomic E-state index is 1.16. The molecule has 0 atom stereocenters. The normalized spacial score (nSPS) is 11.6. The largest absolute Gasteiger partial charge is 0.309 e. The summed E-state index contributed by atoms with van der Waals surface area (Å²) in [7, 11) is 0. The molecule has 0 bridgehead atoms. The third kappa shape index (κ3) is 5.26. The number of para-hydroxylation sites is 3. The van der Waals surface area contributed by atoms with Crippen LogP contribution in [0, 0.1) is 0 Å². The average Bonchev–Trinajstić information content (AvgIpc) is 3.79. The summed E-state index contributed by atoms with van der Waals surface area (Å²) in [5, 5.41) is 4.99. The Balaban J connectivity index is 1.03. The van der Waals surface area contributed by atoms with Gasteiger partial charge in [0.15, 0.2) is 0 Å². The molecule has 9 aromatic carbocycles. The maximum absolute atomic E-state index is 2.44. The van der Waals surface area contributed by atoms with E-state index in [-0.39, 0.29) is 0 Å². The van der Waals surface area contributed by atoms with Crippen LogP contribution in [0.1, 0.15) is 0 Å². The van der Waals surface area contributed by atoms with Gasteiger partial charge >= 0.3 is 0 Å². The van der Waals surface area contributed by atoms with Crippen molar-refractivity contribution in [3.63, 3.8) is 0 Å². The van der Waals surface area contributed by atoms with Crippen LogP contribution in [-0.4, -0.2) is 9.13 Å². The number of hydrogen-bond donors (Lipinski definition) is 0. The number of nitrogens with zero attached hydrogens (tertiary/aromatic N) is 2. The van der Waals surface area contributed by atoms with E-state index in [1.165, 1.54) is 93.8 Å². The van der Waals surface area contributed by atoms with E-state index in [9.17, 15) is 0 Å². The highest BCUT2D eigenvalue weighted by molar-refractivity contribution is 6.13. The molecule has 0 saturated carbocycles. The highest BCUT2D eigenvalue weighted by Gasteiger charge is 2.18. The summed E-state index contributed by atoms with van der Waals surface area (Å²) in [4.78, 5) is 0. The molecule has 0 radical (unpaired) electrons. The Hall–Kier alpha value is -7.42. The first-order chi connectivity index (χ1) is 27.8. The van der Waals surface area contributed by atoms with Gasteiger partial charge in [0.05, 0.1) is 27.8 Å². The average molecular weight is 713 g/mol. The van der Waals surface area contributed by atoms with E-state index < -0.39 is 0 Å². The SMILES string of the molecule is c1ccc(-c2ccc(-c3ccccc3-n3c4ccccc4c4cc(-c5ccc6c(c5)c5ccccc5n6-c5cccc(-c6ccccc6)c5)ccc43)cc2)cc1. The smallest absolute Gasteiger partial charge is 0.0541 e. The van der Waals surface area contributed by atoms with Crippen LogP contribution in [-0.2, 0) is 0 Å². The number of benzene rings is 9. The number of rotatable bonds is 6. The second-order valence-electron chi connectivity index (χ2n) is 14.5. The Labute approximate surface area is 325 Å². The van der Waals surface area contributed by atoms with Gasteiger partial charge in [0, 0.05) is 32.8 Å². The molecule has 0 unspecified atom stereocenters. The van der Waals surface area contributed by atoms with Crippen molar-refractivity contribution < 1.29 is 0 Å². The molecule has 2 heteroatoms. The molecule has 262 valence electrons. The summed E-state index contributed by atoms with van der Waals surface area (Å²) in [6.07, 6.45) is 0. The van der Waals surface area contributed by atoms with Crippen molar-refractivity contribution in [3.8, 4) is 55.9 Å². The Morgan fingerprint density at radius 1 is 0.232 bits per heavy atom. The second kappa shape index (κ2) is 13.2. The van der Waals surface area contributed by atoms with Gasteiger partial charge < -0.3 is 9.13 Å². The maximum Gasteiger partial charge on any atom is 0.0541 e. The van der Waals surface area contributed by atoms with Gasteiger partial charge in [-0.15, -0.1) is 0 Å². The molecular weight excluding hydrogens is 677 g/mol. The van der Waals surface area contributed by atoms with Crippen molar-refractivity contribution >= 4 is 43.6 Å². The summed E-state index contributed by atoms with van der Waals surface area (Å²) >= 11 is 0. The van der Waals surface area contributed by atoms with Crippen LogP contribution in [0.2, 0.25) is 0 Å². The Kier molecular flexibility index (Phi) is 7.53. The van der Waals surface area contributed by atoms with E-state index in [4.69, 9.17) is 0 Å². The molecule has 11 aromatic rings. The van der Waals surface area contributed by atoms with Gasteiger partial charge in [-0.2, -0.15) is 0 Å².